The van der Waals surface area contributed by atoms with Gasteiger partial charge in [0, 0.05) is 12.1 Å². The number of methoxy groups -OCH3 is 2. The normalized spacial score (nSPS) is 11.0. The van der Waals surface area contributed by atoms with Crippen LogP contribution in [0.1, 0.15) is 21.8 Å². The second kappa shape index (κ2) is 8.87. The van der Waals surface area contributed by atoms with Crippen LogP contribution in [0.25, 0.3) is 0 Å². The molecule has 0 atom stereocenters. The van der Waals surface area contributed by atoms with Crippen molar-refractivity contribution in [2.24, 2.45) is 0 Å². The van der Waals surface area contributed by atoms with Crippen molar-refractivity contribution < 1.29 is 31.9 Å². The molecule has 0 spiro atoms. The molecule has 0 radical (unpaired) electrons. The quantitative estimate of drug-likeness (QED) is 0.540. The maximum atomic E-state index is 12.8. The average molecular weight is 432 g/mol. The van der Waals surface area contributed by atoms with Gasteiger partial charge in [-0.3, -0.25) is 4.72 Å². The SMILES string of the molecule is COc1ccc(S(=O)(=O)Nc2ccccc2C(=O)OCc2cc(C)no2)cc1OC. The number of nitrogens with one attached hydrogen (secondary N) is 1. The van der Waals surface area contributed by atoms with Gasteiger partial charge < -0.3 is 18.7 Å². The highest BCUT2D eigenvalue weighted by Gasteiger charge is 2.21. The average Bonchev–Trinajstić information content (AvgIpc) is 3.16. The van der Waals surface area contributed by atoms with Crippen molar-refractivity contribution in [2.75, 3.05) is 18.9 Å². The molecule has 3 rings (SSSR count). The van der Waals surface area contributed by atoms with Gasteiger partial charge in [0.15, 0.2) is 23.9 Å². The highest BCUT2D eigenvalue weighted by molar-refractivity contribution is 7.92. The van der Waals surface area contributed by atoms with E-state index in [1.165, 1.54) is 44.6 Å². The molecule has 0 saturated carbocycles. The van der Waals surface area contributed by atoms with E-state index in [2.05, 4.69) is 9.88 Å². The van der Waals surface area contributed by atoms with E-state index >= 15 is 0 Å². The van der Waals surface area contributed by atoms with E-state index in [4.69, 9.17) is 18.7 Å². The molecule has 0 amide bonds. The third kappa shape index (κ3) is 4.71. The second-order valence-electron chi connectivity index (χ2n) is 6.18. The third-order valence-corrected chi connectivity index (χ3v) is 5.44. The fourth-order valence-corrected chi connectivity index (χ4v) is 3.73. The van der Waals surface area contributed by atoms with Gasteiger partial charge in [0.25, 0.3) is 10.0 Å². The lowest BCUT2D eigenvalue weighted by atomic mass is 10.2. The summed E-state index contributed by atoms with van der Waals surface area (Å²) in [7, 11) is -1.16. The molecule has 0 unspecified atom stereocenters. The smallest absolute Gasteiger partial charge is 0.340 e. The van der Waals surface area contributed by atoms with Gasteiger partial charge in [-0.05, 0) is 31.2 Å². The van der Waals surface area contributed by atoms with Gasteiger partial charge in [-0.2, -0.15) is 0 Å². The van der Waals surface area contributed by atoms with Crippen LogP contribution in [0.4, 0.5) is 5.69 Å². The predicted octanol–water partition coefficient (Wildman–Crippen LogP) is 3.16. The Bertz CT molecular complexity index is 1160. The first-order chi connectivity index (χ1) is 14.3. The lowest BCUT2D eigenvalue weighted by Gasteiger charge is -2.13. The highest BCUT2D eigenvalue weighted by Crippen LogP contribution is 2.30. The lowest BCUT2D eigenvalue weighted by molar-refractivity contribution is 0.0438. The summed E-state index contributed by atoms with van der Waals surface area (Å²) in [5.41, 5.74) is 0.785. The van der Waals surface area contributed by atoms with E-state index in [-0.39, 0.29) is 28.5 Å². The number of para-hydroxylation sites is 1. The van der Waals surface area contributed by atoms with Gasteiger partial charge in [0.1, 0.15) is 0 Å². The van der Waals surface area contributed by atoms with Crippen LogP contribution >= 0.6 is 0 Å². The van der Waals surface area contributed by atoms with Crippen molar-refractivity contribution in [3.8, 4) is 11.5 Å². The fraction of sp³-hybridized carbons (Fsp3) is 0.200. The molecule has 0 saturated heterocycles. The van der Waals surface area contributed by atoms with E-state index < -0.39 is 16.0 Å². The van der Waals surface area contributed by atoms with E-state index in [0.717, 1.165) is 0 Å². The highest BCUT2D eigenvalue weighted by atomic mass is 32.2. The van der Waals surface area contributed by atoms with Crippen LogP contribution in [0, 0.1) is 6.92 Å². The fourth-order valence-electron chi connectivity index (χ4n) is 2.64. The van der Waals surface area contributed by atoms with Gasteiger partial charge in [-0.15, -0.1) is 0 Å². The molecule has 1 aromatic heterocycles. The van der Waals surface area contributed by atoms with Crippen LogP contribution in [0.5, 0.6) is 11.5 Å². The van der Waals surface area contributed by atoms with Crippen molar-refractivity contribution in [2.45, 2.75) is 18.4 Å². The van der Waals surface area contributed by atoms with Crippen molar-refractivity contribution in [3.63, 3.8) is 0 Å². The van der Waals surface area contributed by atoms with Crippen molar-refractivity contribution in [3.05, 3.63) is 65.5 Å². The maximum absolute atomic E-state index is 12.8. The number of nitrogens with zero attached hydrogens (tertiary/aromatic N) is 1. The molecule has 10 heteroatoms. The molecule has 9 nitrogen and oxygen atoms in total. The molecule has 0 aliphatic rings. The molecule has 0 fully saturated rings. The Morgan fingerprint density at radius 2 is 1.80 bits per heavy atom. The predicted molar refractivity (Wildman–Crippen MR) is 107 cm³/mol. The monoisotopic (exact) mass is 432 g/mol. The molecule has 3 aromatic rings. The minimum absolute atomic E-state index is 0.0535. The number of hydrogen-bond donors (Lipinski definition) is 1. The molecular weight excluding hydrogens is 412 g/mol. The van der Waals surface area contributed by atoms with Gasteiger partial charge in [0.2, 0.25) is 0 Å². The van der Waals surface area contributed by atoms with Gasteiger partial charge >= 0.3 is 5.97 Å². The minimum atomic E-state index is -4.01. The number of benzene rings is 2. The lowest BCUT2D eigenvalue weighted by Crippen LogP contribution is -2.16. The Kier molecular flexibility index (Phi) is 6.26. The first-order valence-electron chi connectivity index (χ1n) is 8.77. The molecule has 158 valence electrons. The summed E-state index contributed by atoms with van der Waals surface area (Å²) in [5.74, 6) is 0.317. The minimum Gasteiger partial charge on any atom is -0.493 e. The molecule has 0 aliphatic carbocycles. The summed E-state index contributed by atoms with van der Waals surface area (Å²) >= 11 is 0. The van der Waals surface area contributed by atoms with Gasteiger partial charge in [-0.25, -0.2) is 13.2 Å². The van der Waals surface area contributed by atoms with Crippen LogP contribution < -0.4 is 14.2 Å². The summed E-state index contributed by atoms with van der Waals surface area (Å²) in [6, 6.07) is 11.9. The van der Waals surface area contributed by atoms with E-state index in [1.54, 1.807) is 25.1 Å². The number of sulfonamides is 1. The Hall–Kier alpha value is -3.53. The second-order valence-corrected chi connectivity index (χ2v) is 7.86. The topological polar surface area (TPSA) is 117 Å². The number of ether oxygens (including phenoxy) is 3. The number of aryl methyl sites for hydroxylation is 1. The summed E-state index contributed by atoms with van der Waals surface area (Å²) in [5, 5.41) is 3.72. The number of hydrogen-bond acceptors (Lipinski definition) is 8. The number of carbonyl (C=O) groups is 1. The number of rotatable bonds is 8. The Labute approximate surface area is 173 Å². The van der Waals surface area contributed by atoms with Crippen LogP contribution in [-0.2, 0) is 21.4 Å². The first kappa shape index (κ1) is 21.2. The molecule has 1 heterocycles. The summed E-state index contributed by atoms with van der Waals surface area (Å²) < 4.78 is 48.6. The Balaban J connectivity index is 1.82. The number of aromatic nitrogens is 1. The summed E-state index contributed by atoms with van der Waals surface area (Å²) in [6.45, 7) is 1.61. The van der Waals surface area contributed by atoms with Crippen molar-refractivity contribution in [1.82, 2.24) is 5.16 Å². The number of carbonyl (C=O) groups excluding carboxylic acids is 1. The summed E-state index contributed by atoms with van der Waals surface area (Å²) in [4.78, 5) is 12.4. The third-order valence-electron chi connectivity index (χ3n) is 4.08. The number of anilines is 1. The zero-order valence-electron chi connectivity index (χ0n) is 16.5. The van der Waals surface area contributed by atoms with Crippen molar-refractivity contribution in [1.29, 1.82) is 0 Å². The zero-order valence-corrected chi connectivity index (χ0v) is 17.4. The first-order valence-corrected chi connectivity index (χ1v) is 10.3. The summed E-state index contributed by atoms with van der Waals surface area (Å²) in [6.07, 6.45) is 0. The molecular formula is C20H20N2O7S. The molecule has 1 N–H and O–H groups in total. The standard InChI is InChI=1S/C20H20N2O7S/c1-13-10-14(29-21-13)12-28-20(23)16-6-4-5-7-17(16)22-30(24,25)15-8-9-18(26-2)19(11-15)27-3/h4-11,22H,12H2,1-3H3. The van der Waals surface area contributed by atoms with E-state index in [0.29, 0.717) is 17.2 Å². The zero-order chi connectivity index (χ0) is 21.7. The van der Waals surface area contributed by atoms with E-state index in [1.807, 2.05) is 0 Å². The van der Waals surface area contributed by atoms with Crippen LogP contribution in [0.15, 0.2) is 57.9 Å². The van der Waals surface area contributed by atoms with Crippen LogP contribution in [0.2, 0.25) is 0 Å². The molecule has 0 aliphatic heterocycles. The van der Waals surface area contributed by atoms with E-state index in [9.17, 15) is 13.2 Å². The largest absolute Gasteiger partial charge is 0.493 e. The van der Waals surface area contributed by atoms with Gasteiger partial charge in [-0.1, -0.05) is 17.3 Å². The molecule has 2 aromatic carbocycles. The number of esters is 1. The Morgan fingerprint density at radius 3 is 2.47 bits per heavy atom. The maximum Gasteiger partial charge on any atom is 0.340 e. The van der Waals surface area contributed by atoms with Crippen LogP contribution in [0.3, 0.4) is 0 Å². The van der Waals surface area contributed by atoms with Crippen molar-refractivity contribution >= 4 is 21.7 Å². The van der Waals surface area contributed by atoms with Gasteiger partial charge in [0.05, 0.1) is 36.1 Å². The Morgan fingerprint density at radius 1 is 1.07 bits per heavy atom. The molecule has 0 bridgehead atoms. The van der Waals surface area contributed by atoms with Crippen LogP contribution in [-0.4, -0.2) is 33.8 Å². The molecule has 30 heavy (non-hydrogen) atoms.